The van der Waals surface area contributed by atoms with Gasteiger partial charge in [-0.05, 0) is 11.6 Å². The Kier molecular flexibility index (Phi) is 3.99. The van der Waals surface area contributed by atoms with Crippen molar-refractivity contribution < 1.29 is 14.3 Å². The van der Waals surface area contributed by atoms with Gasteiger partial charge in [0.25, 0.3) is 0 Å². The molecule has 2 N–H and O–H groups in total. The standard InChI is InChI=1S/C5H8ClNO3/c1-10-5(9)3(7)2-4(6)8/h3H,2,7H2,1H3. The highest BCUT2D eigenvalue weighted by Gasteiger charge is 2.15. The van der Waals surface area contributed by atoms with E-state index in [1.807, 2.05) is 0 Å². The predicted molar refractivity (Wildman–Crippen MR) is 35.5 cm³/mol. The van der Waals surface area contributed by atoms with Crippen LogP contribution in [0, 0.1) is 0 Å². The lowest BCUT2D eigenvalue weighted by Crippen LogP contribution is -2.32. The van der Waals surface area contributed by atoms with E-state index in [1.54, 1.807) is 0 Å². The molecule has 10 heavy (non-hydrogen) atoms. The molecule has 0 bridgehead atoms. The lowest BCUT2D eigenvalue weighted by molar-refractivity contribution is -0.143. The highest BCUT2D eigenvalue weighted by molar-refractivity contribution is 6.63. The molecule has 0 spiro atoms. The molecule has 0 aliphatic heterocycles. The SMILES string of the molecule is COC(=O)C(N)CC(=O)Cl. The molecule has 0 aromatic carbocycles. The zero-order valence-corrected chi connectivity index (χ0v) is 6.22. The first-order chi connectivity index (χ1) is 4.57. The number of ether oxygens (including phenoxy) is 1. The van der Waals surface area contributed by atoms with Gasteiger partial charge >= 0.3 is 5.97 Å². The topological polar surface area (TPSA) is 69.4 Å². The van der Waals surface area contributed by atoms with Gasteiger partial charge in [0.1, 0.15) is 6.04 Å². The third-order valence-electron chi connectivity index (χ3n) is 0.884. The van der Waals surface area contributed by atoms with Gasteiger partial charge in [-0.25, -0.2) is 0 Å². The molecule has 0 heterocycles. The van der Waals surface area contributed by atoms with Crippen molar-refractivity contribution in [3.63, 3.8) is 0 Å². The second-order valence-electron chi connectivity index (χ2n) is 1.69. The molecular formula is C5H8ClNO3. The maximum Gasteiger partial charge on any atom is 0.323 e. The zero-order chi connectivity index (χ0) is 8.15. The molecule has 1 atom stereocenters. The van der Waals surface area contributed by atoms with E-state index >= 15 is 0 Å². The van der Waals surface area contributed by atoms with Gasteiger partial charge < -0.3 is 10.5 Å². The van der Waals surface area contributed by atoms with Crippen molar-refractivity contribution in [3.8, 4) is 0 Å². The number of halogens is 1. The maximum atomic E-state index is 10.5. The van der Waals surface area contributed by atoms with E-state index in [-0.39, 0.29) is 6.42 Å². The van der Waals surface area contributed by atoms with Gasteiger partial charge in [-0.15, -0.1) is 0 Å². The summed E-state index contributed by atoms with van der Waals surface area (Å²) in [4.78, 5) is 20.6. The van der Waals surface area contributed by atoms with Crippen LogP contribution in [0.2, 0.25) is 0 Å². The highest BCUT2D eigenvalue weighted by atomic mass is 35.5. The minimum absolute atomic E-state index is 0.186. The number of carbonyl (C=O) groups is 2. The summed E-state index contributed by atoms with van der Waals surface area (Å²) < 4.78 is 4.24. The second kappa shape index (κ2) is 4.24. The molecule has 0 rings (SSSR count). The van der Waals surface area contributed by atoms with E-state index in [2.05, 4.69) is 4.74 Å². The number of methoxy groups -OCH3 is 1. The highest BCUT2D eigenvalue weighted by Crippen LogP contribution is 1.94. The summed E-state index contributed by atoms with van der Waals surface area (Å²) in [5.74, 6) is -0.631. The predicted octanol–water partition coefficient (Wildman–Crippen LogP) is -0.358. The van der Waals surface area contributed by atoms with Crippen LogP contribution in [0.4, 0.5) is 0 Å². The average molecular weight is 166 g/mol. The van der Waals surface area contributed by atoms with Crippen molar-refractivity contribution in [1.82, 2.24) is 0 Å². The van der Waals surface area contributed by atoms with E-state index in [4.69, 9.17) is 17.3 Å². The maximum absolute atomic E-state index is 10.5. The van der Waals surface area contributed by atoms with Gasteiger partial charge in [0.05, 0.1) is 7.11 Å². The normalized spacial score (nSPS) is 12.3. The second-order valence-corrected chi connectivity index (χ2v) is 2.11. The Morgan fingerprint density at radius 1 is 1.70 bits per heavy atom. The minimum atomic E-state index is -0.935. The van der Waals surface area contributed by atoms with Crippen LogP contribution in [0.1, 0.15) is 6.42 Å². The van der Waals surface area contributed by atoms with Crippen LogP contribution in [-0.2, 0) is 14.3 Å². The molecule has 0 amide bonds. The Hall–Kier alpha value is -0.610. The molecule has 1 unspecified atom stereocenters. The van der Waals surface area contributed by atoms with Crippen LogP contribution in [0.15, 0.2) is 0 Å². The van der Waals surface area contributed by atoms with Gasteiger partial charge in [0.15, 0.2) is 0 Å². The molecule has 0 aliphatic rings. The Morgan fingerprint density at radius 2 is 2.20 bits per heavy atom. The summed E-state index contributed by atoms with van der Waals surface area (Å²) >= 11 is 4.95. The first kappa shape index (κ1) is 9.39. The minimum Gasteiger partial charge on any atom is -0.468 e. The van der Waals surface area contributed by atoms with Gasteiger partial charge in [0, 0.05) is 6.42 Å². The summed E-state index contributed by atoms with van der Waals surface area (Å²) in [6.45, 7) is 0. The number of esters is 1. The Bertz CT molecular complexity index is 148. The molecule has 58 valence electrons. The molecule has 0 fully saturated rings. The van der Waals surface area contributed by atoms with Gasteiger partial charge in [0.2, 0.25) is 5.24 Å². The van der Waals surface area contributed by atoms with Crippen molar-refractivity contribution in [1.29, 1.82) is 0 Å². The number of rotatable bonds is 3. The lowest BCUT2D eigenvalue weighted by atomic mass is 10.2. The summed E-state index contributed by atoms with van der Waals surface area (Å²) in [6.07, 6.45) is -0.186. The molecule has 0 aliphatic carbocycles. The van der Waals surface area contributed by atoms with Crippen LogP contribution in [0.3, 0.4) is 0 Å². The first-order valence-electron chi connectivity index (χ1n) is 2.59. The fourth-order valence-electron chi connectivity index (χ4n) is 0.408. The third-order valence-corrected chi connectivity index (χ3v) is 1.04. The van der Waals surface area contributed by atoms with Gasteiger partial charge in [-0.3, -0.25) is 9.59 Å². The Balaban J connectivity index is 3.72. The lowest BCUT2D eigenvalue weighted by Gasteiger charge is -2.04. The average Bonchev–Trinajstić information content (AvgIpc) is 1.85. The smallest absolute Gasteiger partial charge is 0.323 e. The van der Waals surface area contributed by atoms with Crippen molar-refractivity contribution in [2.75, 3.05) is 7.11 Å². The van der Waals surface area contributed by atoms with Crippen LogP contribution >= 0.6 is 11.6 Å². The molecular weight excluding hydrogens is 158 g/mol. The van der Waals surface area contributed by atoms with Crippen LogP contribution in [-0.4, -0.2) is 24.4 Å². The monoisotopic (exact) mass is 165 g/mol. The first-order valence-corrected chi connectivity index (χ1v) is 2.97. The van der Waals surface area contributed by atoms with Crippen LogP contribution in [0.25, 0.3) is 0 Å². The molecule has 0 saturated carbocycles. The number of hydrogen-bond acceptors (Lipinski definition) is 4. The molecule has 0 saturated heterocycles. The number of nitrogens with two attached hydrogens (primary N) is 1. The largest absolute Gasteiger partial charge is 0.468 e. The summed E-state index contributed by atoms with van der Waals surface area (Å²) in [7, 11) is 1.20. The molecule has 4 nitrogen and oxygen atoms in total. The van der Waals surface area contributed by atoms with E-state index in [0.717, 1.165) is 0 Å². The number of carbonyl (C=O) groups excluding carboxylic acids is 2. The summed E-state index contributed by atoms with van der Waals surface area (Å²) in [5, 5.41) is -0.641. The van der Waals surface area contributed by atoms with E-state index in [1.165, 1.54) is 7.11 Å². The van der Waals surface area contributed by atoms with E-state index in [0.29, 0.717) is 0 Å². The van der Waals surface area contributed by atoms with Crippen molar-refractivity contribution in [3.05, 3.63) is 0 Å². The Labute approximate surface area is 63.3 Å². The molecule has 0 radical (unpaired) electrons. The van der Waals surface area contributed by atoms with Gasteiger partial charge in [-0.1, -0.05) is 0 Å². The fourth-order valence-corrected chi connectivity index (χ4v) is 0.574. The van der Waals surface area contributed by atoms with Crippen molar-refractivity contribution >= 4 is 22.8 Å². The van der Waals surface area contributed by atoms with E-state index in [9.17, 15) is 9.59 Å². The zero-order valence-electron chi connectivity index (χ0n) is 5.46. The quantitative estimate of drug-likeness (QED) is 0.458. The van der Waals surface area contributed by atoms with Crippen molar-refractivity contribution in [2.45, 2.75) is 12.5 Å². The van der Waals surface area contributed by atoms with Gasteiger partial charge in [-0.2, -0.15) is 0 Å². The molecule has 0 aromatic heterocycles. The summed E-state index contributed by atoms with van der Waals surface area (Å²) in [5.41, 5.74) is 5.15. The number of hydrogen-bond donors (Lipinski definition) is 1. The summed E-state index contributed by atoms with van der Waals surface area (Å²) in [6, 6.07) is -0.935. The third kappa shape index (κ3) is 3.42. The molecule has 0 aromatic rings. The Morgan fingerprint density at radius 3 is 2.50 bits per heavy atom. The van der Waals surface area contributed by atoms with E-state index < -0.39 is 17.3 Å². The fraction of sp³-hybridized carbons (Fsp3) is 0.600. The molecule has 5 heteroatoms. The van der Waals surface area contributed by atoms with Crippen LogP contribution < -0.4 is 5.73 Å². The van der Waals surface area contributed by atoms with Crippen LogP contribution in [0.5, 0.6) is 0 Å². The van der Waals surface area contributed by atoms with Crippen molar-refractivity contribution in [2.24, 2.45) is 5.73 Å².